The maximum absolute atomic E-state index is 13.4. The number of non-ortho nitro benzene ring substituents is 1. The van der Waals surface area contributed by atoms with Crippen molar-refractivity contribution in [3.8, 4) is 0 Å². The molecule has 0 radical (unpaired) electrons. The summed E-state index contributed by atoms with van der Waals surface area (Å²) in [5.41, 5.74) is 5.08. The second-order valence-corrected chi connectivity index (χ2v) is 6.48. The normalized spacial score (nSPS) is 12.5. The predicted octanol–water partition coefficient (Wildman–Crippen LogP) is 2.19. The fourth-order valence-electron chi connectivity index (χ4n) is 2.95. The number of nitro benzene ring substituents is 1. The van der Waals surface area contributed by atoms with Crippen LogP contribution < -0.4 is 11.1 Å². The molecule has 0 fully saturated rings. The van der Waals surface area contributed by atoms with Crippen molar-refractivity contribution in [1.29, 1.82) is 0 Å². The molecule has 0 spiro atoms. The number of hydrogen-bond donors (Lipinski definition) is 2. The molecular weight excluding hydrogens is 416 g/mol. The van der Waals surface area contributed by atoms with Crippen molar-refractivity contribution >= 4 is 23.5 Å². The molecule has 2 amide bonds. The summed E-state index contributed by atoms with van der Waals surface area (Å²) in [6.07, 6.45) is -0.392. The molecule has 164 valence electrons. The summed E-state index contributed by atoms with van der Waals surface area (Å²) in [6, 6.07) is 5.57. The first kappa shape index (κ1) is 23.4. The molecule has 2 aromatic carbocycles. The van der Waals surface area contributed by atoms with Gasteiger partial charge in [0, 0.05) is 29.7 Å². The van der Waals surface area contributed by atoms with Crippen LogP contribution in [0, 0.1) is 21.7 Å². The third kappa shape index (κ3) is 6.29. The van der Waals surface area contributed by atoms with Gasteiger partial charge >= 0.3 is 5.97 Å². The maximum atomic E-state index is 13.4. The number of amides is 2. The second-order valence-electron chi connectivity index (χ2n) is 6.48. The Kier molecular flexibility index (Phi) is 7.72. The molecule has 0 aliphatic carbocycles. The van der Waals surface area contributed by atoms with Crippen molar-refractivity contribution in [1.82, 2.24) is 5.32 Å². The van der Waals surface area contributed by atoms with Gasteiger partial charge in [0.05, 0.1) is 18.0 Å². The maximum Gasteiger partial charge on any atom is 0.306 e. The van der Waals surface area contributed by atoms with E-state index in [1.165, 1.54) is 12.1 Å². The van der Waals surface area contributed by atoms with Gasteiger partial charge in [0.15, 0.2) is 0 Å². The number of rotatable bonds is 9. The van der Waals surface area contributed by atoms with Crippen molar-refractivity contribution in [3.05, 3.63) is 75.3 Å². The first-order chi connectivity index (χ1) is 14.6. The van der Waals surface area contributed by atoms with Gasteiger partial charge in [-0.2, -0.15) is 0 Å². The Balaban J connectivity index is 2.40. The Hall–Kier alpha value is -3.89. The molecule has 0 aromatic heterocycles. The number of nitrogens with one attached hydrogen (secondary N) is 1. The molecule has 2 atom stereocenters. The highest BCUT2D eigenvalue weighted by atomic mass is 19.1. The van der Waals surface area contributed by atoms with Crippen LogP contribution in [0.5, 0.6) is 0 Å². The molecule has 0 heterocycles. The minimum Gasteiger partial charge on any atom is -0.466 e. The summed E-state index contributed by atoms with van der Waals surface area (Å²) in [5.74, 6) is -5.79. The summed E-state index contributed by atoms with van der Waals surface area (Å²) in [5, 5.41) is 13.2. The number of benzene rings is 2. The van der Waals surface area contributed by atoms with Crippen molar-refractivity contribution in [2.75, 3.05) is 6.61 Å². The molecule has 0 unspecified atom stereocenters. The van der Waals surface area contributed by atoms with Gasteiger partial charge in [-0.3, -0.25) is 24.5 Å². The number of nitrogens with two attached hydrogens (primary N) is 1. The van der Waals surface area contributed by atoms with Crippen molar-refractivity contribution in [2.45, 2.75) is 25.3 Å². The number of ether oxygens (including phenoxy) is 1. The van der Waals surface area contributed by atoms with E-state index in [9.17, 15) is 33.3 Å². The zero-order chi connectivity index (χ0) is 23.1. The fourth-order valence-corrected chi connectivity index (χ4v) is 2.95. The number of primary amides is 1. The standard InChI is InChI=1S/C20H19F2N3O6/c1-2-31-17(26)10-16(11-3-5-15(6-4-11)25(29)30)18(19(23)27)24-20(28)12-7-13(21)9-14(22)8-12/h3-9,16,18H,2,10H2,1H3,(H2,23,27)(H,24,28)/t16-,18+/m0/s1. The van der Waals surface area contributed by atoms with E-state index < -0.39 is 58.3 Å². The van der Waals surface area contributed by atoms with Gasteiger partial charge in [-0.1, -0.05) is 12.1 Å². The number of nitro groups is 1. The third-order valence-electron chi connectivity index (χ3n) is 4.34. The first-order valence-corrected chi connectivity index (χ1v) is 9.08. The topological polar surface area (TPSA) is 142 Å². The van der Waals surface area contributed by atoms with Crippen LogP contribution in [0.25, 0.3) is 0 Å². The zero-order valence-corrected chi connectivity index (χ0v) is 16.3. The Labute approximate surface area is 175 Å². The Bertz CT molecular complexity index is 977. The minimum atomic E-state index is -1.48. The lowest BCUT2D eigenvalue weighted by atomic mass is 9.87. The molecule has 0 saturated carbocycles. The largest absolute Gasteiger partial charge is 0.466 e. The van der Waals surface area contributed by atoms with Gasteiger partial charge in [-0.25, -0.2) is 8.78 Å². The van der Waals surface area contributed by atoms with Crippen molar-refractivity contribution < 1.29 is 32.8 Å². The van der Waals surface area contributed by atoms with E-state index in [0.29, 0.717) is 6.07 Å². The van der Waals surface area contributed by atoms with Crippen LogP contribution in [0.2, 0.25) is 0 Å². The van der Waals surface area contributed by atoms with Gasteiger partial charge in [-0.05, 0) is 24.6 Å². The summed E-state index contributed by atoms with van der Waals surface area (Å²) >= 11 is 0. The number of hydrogen-bond acceptors (Lipinski definition) is 6. The van der Waals surface area contributed by atoms with Crippen LogP contribution in [0.15, 0.2) is 42.5 Å². The Morgan fingerprint density at radius 1 is 1.13 bits per heavy atom. The fraction of sp³-hybridized carbons (Fsp3) is 0.250. The van der Waals surface area contributed by atoms with Crippen molar-refractivity contribution in [2.24, 2.45) is 5.73 Å². The van der Waals surface area contributed by atoms with Gasteiger partial charge < -0.3 is 15.8 Å². The highest BCUT2D eigenvalue weighted by Crippen LogP contribution is 2.27. The van der Waals surface area contributed by atoms with Gasteiger partial charge in [0.2, 0.25) is 5.91 Å². The van der Waals surface area contributed by atoms with Crippen LogP contribution in [0.4, 0.5) is 14.5 Å². The van der Waals surface area contributed by atoms with Gasteiger partial charge in [0.1, 0.15) is 17.7 Å². The lowest BCUT2D eigenvalue weighted by molar-refractivity contribution is -0.384. The lowest BCUT2D eigenvalue weighted by Gasteiger charge is -2.25. The third-order valence-corrected chi connectivity index (χ3v) is 4.34. The molecule has 9 nitrogen and oxygen atoms in total. The zero-order valence-electron chi connectivity index (χ0n) is 16.3. The highest BCUT2D eigenvalue weighted by Gasteiger charge is 2.32. The molecular formula is C20H19F2N3O6. The summed E-state index contributed by atoms with van der Waals surface area (Å²) in [4.78, 5) is 47.0. The summed E-state index contributed by atoms with van der Waals surface area (Å²) in [7, 11) is 0. The number of carbonyl (C=O) groups is 3. The van der Waals surface area contributed by atoms with Crippen LogP contribution in [-0.4, -0.2) is 35.4 Å². The molecule has 11 heteroatoms. The van der Waals surface area contributed by atoms with Crippen LogP contribution in [-0.2, 0) is 14.3 Å². The van der Waals surface area contributed by atoms with E-state index in [2.05, 4.69) is 5.32 Å². The lowest BCUT2D eigenvalue weighted by Crippen LogP contribution is -2.48. The molecule has 0 aliphatic heterocycles. The molecule has 0 saturated heterocycles. The van der Waals surface area contributed by atoms with Gasteiger partial charge in [0.25, 0.3) is 11.6 Å². The van der Waals surface area contributed by atoms with E-state index >= 15 is 0 Å². The quantitative estimate of drug-likeness (QED) is 0.351. The highest BCUT2D eigenvalue weighted by molar-refractivity contribution is 5.97. The summed E-state index contributed by atoms with van der Waals surface area (Å²) < 4.78 is 31.8. The van der Waals surface area contributed by atoms with E-state index in [1.54, 1.807) is 6.92 Å². The van der Waals surface area contributed by atoms with Crippen molar-refractivity contribution in [3.63, 3.8) is 0 Å². The van der Waals surface area contributed by atoms with Crippen LogP contribution in [0.3, 0.4) is 0 Å². The smallest absolute Gasteiger partial charge is 0.306 e. The number of carbonyl (C=O) groups excluding carboxylic acids is 3. The van der Waals surface area contributed by atoms with Crippen LogP contribution in [0.1, 0.15) is 35.2 Å². The van der Waals surface area contributed by atoms with E-state index in [-0.39, 0.29) is 17.9 Å². The minimum absolute atomic E-state index is 0.0575. The van der Waals surface area contributed by atoms with Crippen LogP contribution >= 0.6 is 0 Å². The molecule has 31 heavy (non-hydrogen) atoms. The number of nitrogens with zero attached hydrogens (tertiary/aromatic N) is 1. The van der Waals surface area contributed by atoms with E-state index in [4.69, 9.17) is 10.5 Å². The SMILES string of the molecule is CCOC(=O)C[C@@H](c1ccc([N+](=O)[O-])cc1)[C@@H](NC(=O)c1cc(F)cc(F)c1)C(N)=O. The molecule has 2 aromatic rings. The Morgan fingerprint density at radius 2 is 1.71 bits per heavy atom. The number of esters is 1. The first-order valence-electron chi connectivity index (χ1n) is 9.08. The Morgan fingerprint density at radius 3 is 2.19 bits per heavy atom. The van der Waals surface area contributed by atoms with E-state index in [1.807, 2.05) is 0 Å². The second kappa shape index (κ2) is 10.2. The van der Waals surface area contributed by atoms with E-state index in [0.717, 1.165) is 24.3 Å². The molecule has 0 aliphatic rings. The molecule has 0 bridgehead atoms. The molecule has 3 N–H and O–H groups in total. The molecule has 2 rings (SSSR count). The average Bonchev–Trinajstić information content (AvgIpc) is 2.69. The summed E-state index contributed by atoms with van der Waals surface area (Å²) in [6.45, 7) is 1.63. The van der Waals surface area contributed by atoms with Gasteiger partial charge in [-0.15, -0.1) is 0 Å². The number of halogens is 2. The average molecular weight is 435 g/mol. The predicted molar refractivity (Wildman–Crippen MR) is 104 cm³/mol. The monoisotopic (exact) mass is 435 g/mol.